The Morgan fingerprint density at radius 2 is 1.84 bits per heavy atom. The van der Waals surface area contributed by atoms with Crippen molar-refractivity contribution >= 4 is 28.5 Å². The number of likely N-dealkylation sites (tertiary alicyclic amines) is 1. The molecule has 0 saturated carbocycles. The summed E-state index contributed by atoms with van der Waals surface area (Å²) in [4.78, 5) is 14.9. The van der Waals surface area contributed by atoms with Gasteiger partial charge in [-0.25, -0.2) is 0 Å². The maximum absolute atomic E-state index is 12.4. The van der Waals surface area contributed by atoms with Crippen LogP contribution in [0.5, 0.6) is 5.75 Å². The molecule has 1 saturated heterocycles. The van der Waals surface area contributed by atoms with Crippen molar-refractivity contribution in [1.29, 1.82) is 0 Å². The Balaban J connectivity index is 1.52. The van der Waals surface area contributed by atoms with Crippen molar-refractivity contribution in [2.75, 3.05) is 20.2 Å². The fourth-order valence-electron chi connectivity index (χ4n) is 3.22. The summed E-state index contributed by atoms with van der Waals surface area (Å²) < 4.78 is 6.43. The summed E-state index contributed by atoms with van der Waals surface area (Å²) in [5.74, 6) is 0.977. The molecule has 0 spiro atoms. The molecular weight excluding hydrogens is 427 g/mol. The number of hydrogen-bond acceptors (Lipinski definition) is 3. The topological polar surface area (TPSA) is 41.6 Å². The maximum atomic E-state index is 12.4. The normalized spacial score (nSPS) is 15.8. The van der Waals surface area contributed by atoms with E-state index in [9.17, 15) is 4.79 Å². The number of benzene rings is 2. The van der Waals surface area contributed by atoms with Crippen LogP contribution in [0.3, 0.4) is 0 Å². The van der Waals surface area contributed by atoms with Gasteiger partial charge in [0.2, 0.25) is 0 Å². The Kier molecular flexibility index (Phi) is 6.31. The summed E-state index contributed by atoms with van der Waals surface area (Å²) in [6.45, 7) is 2.85. The predicted octanol–water partition coefficient (Wildman–Crippen LogP) is 3.69. The molecule has 0 bridgehead atoms. The second-order valence-electron chi connectivity index (χ2n) is 6.32. The first kappa shape index (κ1) is 18.2. The summed E-state index contributed by atoms with van der Waals surface area (Å²) in [6.07, 6.45) is 1.95. The van der Waals surface area contributed by atoms with Gasteiger partial charge in [-0.3, -0.25) is 9.69 Å². The second kappa shape index (κ2) is 8.67. The van der Waals surface area contributed by atoms with E-state index in [1.165, 1.54) is 5.56 Å². The number of halogens is 1. The Bertz CT molecular complexity index is 727. The van der Waals surface area contributed by atoms with Crippen molar-refractivity contribution in [2.45, 2.75) is 25.4 Å². The number of amides is 1. The minimum Gasteiger partial charge on any atom is -0.496 e. The van der Waals surface area contributed by atoms with Crippen LogP contribution in [0, 0.1) is 3.57 Å². The molecule has 0 aromatic heterocycles. The van der Waals surface area contributed by atoms with Gasteiger partial charge in [0.05, 0.1) is 12.7 Å². The first-order chi connectivity index (χ1) is 12.2. The summed E-state index contributed by atoms with van der Waals surface area (Å²) in [6, 6.07) is 16.1. The highest BCUT2D eigenvalue weighted by Gasteiger charge is 2.22. The van der Waals surface area contributed by atoms with Crippen molar-refractivity contribution in [3.63, 3.8) is 0 Å². The van der Waals surface area contributed by atoms with Crippen LogP contribution in [0.4, 0.5) is 0 Å². The van der Waals surface area contributed by atoms with Crippen LogP contribution in [-0.4, -0.2) is 37.0 Å². The molecule has 3 rings (SSSR count). The Morgan fingerprint density at radius 1 is 1.16 bits per heavy atom. The van der Waals surface area contributed by atoms with E-state index in [0.29, 0.717) is 0 Å². The van der Waals surface area contributed by atoms with Crippen molar-refractivity contribution < 1.29 is 9.53 Å². The van der Waals surface area contributed by atoms with Gasteiger partial charge in [-0.15, -0.1) is 0 Å². The van der Waals surface area contributed by atoms with Crippen LogP contribution in [0.1, 0.15) is 28.8 Å². The highest BCUT2D eigenvalue weighted by molar-refractivity contribution is 14.1. The highest BCUT2D eigenvalue weighted by Crippen LogP contribution is 2.21. The first-order valence-electron chi connectivity index (χ1n) is 8.57. The molecule has 1 N–H and O–H groups in total. The van der Waals surface area contributed by atoms with E-state index in [1.807, 2.05) is 42.5 Å². The van der Waals surface area contributed by atoms with Gasteiger partial charge in [-0.2, -0.15) is 0 Å². The molecule has 25 heavy (non-hydrogen) atoms. The van der Waals surface area contributed by atoms with Crippen LogP contribution in [0.15, 0.2) is 48.5 Å². The number of methoxy groups -OCH3 is 1. The number of nitrogens with zero attached hydrogens (tertiary/aromatic N) is 1. The van der Waals surface area contributed by atoms with Crippen LogP contribution < -0.4 is 10.1 Å². The third-order valence-electron chi connectivity index (χ3n) is 4.63. The summed E-state index contributed by atoms with van der Waals surface area (Å²) in [5.41, 5.74) is 1.98. The number of hydrogen-bond donors (Lipinski definition) is 1. The molecule has 1 fully saturated rings. The Hall–Kier alpha value is -1.60. The van der Waals surface area contributed by atoms with Crippen LogP contribution in [0.2, 0.25) is 0 Å². The lowest BCUT2D eigenvalue weighted by Gasteiger charge is -2.32. The zero-order chi connectivity index (χ0) is 17.6. The third kappa shape index (κ3) is 4.73. The van der Waals surface area contributed by atoms with Gasteiger partial charge in [-0.05, 0) is 53.6 Å². The predicted molar refractivity (Wildman–Crippen MR) is 108 cm³/mol. The molecule has 0 unspecified atom stereocenters. The zero-order valence-electron chi connectivity index (χ0n) is 14.4. The molecule has 0 atom stereocenters. The standard InChI is InChI=1S/C20H23IN2O2/c1-25-19-9-5-2-6-15(19)14-23-12-10-16(11-13-23)22-20(24)17-7-3-4-8-18(17)21/h2-9,16H,10-14H2,1H3,(H,22,24). The van der Waals surface area contributed by atoms with Crippen molar-refractivity contribution in [3.05, 3.63) is 63.2 Å². The smallest absolute Gasteiger partial charge is 0.252 e. The van der Waals surface area contributed by atoms with Gasteiger partial charge in [0.15, 0.2) is 0 Å². The van der Waals surface area contributed by atoms with Crippen LogP contribution in [0.25, 0.3) is 0 Å². The van der Waals surface area contributed by atoms with Gasteiger partial charge in [0, 0.05) is 34.8 Å². The monoisotopic (exact) mass is 450 g/mol. The van der Waals surface area contributed by atoms with Crippen LogP contribution in [-0.2, 0) is 6.54 Å². The minimum absolute atomic E-state index is 0.0354. The summed E-state index contributed by atoms with van der Waals surface area (Å²) >= 11 is 2.21. The summed E-state index contributed by atoms with van der Waals surface area (Å²) in [7, 11) is 1.71. The van der Waals surface area contributed by atoms with Crippen LogP contribution >= 0.6 is 22.6 Å². The average molecular weight is 450 g/mol. The maximum Gasteiger partial charge on any atom is 0.252 e. The second-order valence-corrected chi connectivity index (χ2v) is 7.48. The molecular formula is C20H23IN2O2. The number of para-hydroxylation sites is 1. The van der Waals surface area contributed by atoms with Gasteiger partial charge in [0.1, 0.15) is 5.75 Å². The van der Waals surface area contributed by atoms with E-state index in [0.717, 1.165) is 47.4 Å². The molecule has 1 aliphatic heterocycles. The van der Waals surface area contributed by atoms with E-state index >= 15 is 0 Å². The van der Waals surface area contributed by atoms with Crippen molar-refractivity contribution in [1.82, 2.24) is 10.2 Å². The molecule has 0 radical (unpaired) electrons. The molecule has 0 aliphatic carbocycles. The van der Waals surface area contributed by atoms with Crippen molar-refractivity contribution in [3.8, 4) is 5.75 Å². The van der Waals surface area contributed by atoms with Gasteiger partial charge in [-0.1, -0.05) is 30.3 Å². The number of piperidine rings is 1. The number of ether oxygens (including phenoxy) is 1. The highest BCUT2D eigenvalue weighted by atomic mass is 127. The SMILES string of the molecule is COc1ccccc1CN1CCC(NC(=O)c2ccccc2I)CC1. The number of carbonyl (C=O) groups excluding carboxylic acids is 1. The lowest BCUT2D eigenvalue weighted by molar-refractivity contribution is 0.0908. The minimum atomic E-state index is 0.0354. The van der Waals surface area contributed by atoms with Crippen molar-refractivity contribution in [2.24, 2.45) is 0 Å². The molecule has 132 valence electrons. The largest absolute Gasteiger partial charge is 0.496 e. The summed E-state index contributed by atoms with van der Waals surface area (Å²) in [5, 5.41) is 3.19. The molecule has 5 heteroatoms. The first-order valence-corrected chi connectivity index (χ1v) is 9.65. The van der Waals surface area contributed by atoms with E-state index in [1.54, 1.807) is 7.11 Å². The Morgan fingerprint density at radius 3 is 2.56 bits per heavy atom. The molecule has 1 aliphatic rings. The molecule has 2 aromatic rings. The van der Waals surface area contributed by atoms with Gasteiger partial charge < -0.3 is 10.1 Å². The fraction of sp³-hybridized carbons (Fsp3) is 0.350. The van der Waals surface area contributed by atoms with E-state index < -0.39 is 0 Å². The van der Waals surface area contributed by atoms with Gasteiger partial charge >= 0.3 is 0 Å². The number of nitrogens with one attached hydrogen (secondary N) is 1. The number of carbonyl (C=O) groups is 1. The molecule has 4 nitrogen and oxygen atoms in total. The lowest BCUT2D eigenvalue weighted by Crippen LogP contribution is -2.44. The third-order valence-corrected chi connectivity index (χ3v) is 5.57. The zero-order valence-corrected chi connectivity index (χ0v) is 16.5. The van der Waals surface area contributed by atoms with E-state index in [4.69, 9.17) is 4.74 Å². The molecule has 2 aromatic carbocycles. The average Bonchev–Trinajstić information content (AvgIpc) is 2.64. The number of rotatable bonds is 5. The Labute approximate surface area is 162 Å². The molecule has 1 heterocycles. The van der Waals surface area contributed by atoms with E-state index in [2.05, 4.69) is 38.9 Å². The van der Waals surface area contributed by atoms with Gasteiger partial charge in [0.25, 0.3) is 5.91 Å². The lowest BCUT2D eigenvalue weighted by atomic mass is 10.0. The quantitative estimate of drug-likeness (QED) is 0.707. The molecule has 1 amide bonds. The fourth-order valence-corrected chi connectivity index (χ4v) is 3.85. The van der Waals surface area contributed by atoms with E-state index in [-0.39, 0.29) is 11.9 Å².